The van der Waals surface area contributed by atoms with E-state index < -0.39 is 0 Å². The van der Waals surface area contributed by atoms with Gasteiger partial charge < -0.3 is 15.2 Å². The molecular weight excluding hydrogens is 526 g/mol. The molecule has 0 atom stereocenters. The maximum absolute atomic E-state index is 10.3. The number of nitrogens with one attached hydrogen (secondary N) is 1. The zero-order valence-corrected chi connectivity index (χ0v) is 24.5. The van der Waals surface area contributed by atoms with Crippen LogP contribution < -0.4 is 5.32 Å². The predicted octanol–water partition coefficient (Wildman–Crippen LogP) is 8.52. The Kier molecular flexibility index (Phi) is 14.8. The van der Waals surface area contributed by atoms with E-state index >= 15 is 0 Å². The Morgan fingerprint density at radius 2 is 1.70 bits per heavy atom. The summed E-state index contributed by atoms with van der Waals surface area (Å²) in [4.78, 5) is 16.7. The number of aliphatic imine (C=N–C) groups is 2. The second-order valence-electron chi connectivity index (χ2n) is 8.58. The number of rotatable bonds is 8. The molecule has 0 aliphatic rings. The van der Waals surface area contributed by atoms with E-state index in [1.165, 1.54) is 16.3 Å². The number of aromatic hydroxyl groups is 1. The SMILES string of the molecule is C=O.CCCCN=C(CC)c1ccc(N/C(C)=C/C(C)=NC)c(O)c1.Cc1ccc2cc(Br)ccc2c1. The summed E-state index contributed by atoms with van der Waals surface area (Å²) in [6, 6.07) is 18.5. The summed E-state index contributed by atoms with van der Waals surface area (Å²) in [5.74, 6) is 0.234. The van der Waals surface area contributed by atoms with Gasteiger partial charge in [-0.2, -0.15) is 0 Å². The van der Waals surface area contributed by atoms with E-state index in [4.69, 9.17) is 4.79 Å². The van der Waals surface area contributed by atoms with E-state index in [0.29, 0.717) is 5.69 Å². The van der Waals surface area contributed by atoms with Gasteiger partial charge in [-0.1, -0.05) is 72.1 Å². The first-order valence-corrected chi connectivity index (χ1v) is 13.3. The molecule has 198 valence electrons. The Morgan fingerprint density at radius 1 is 1.03 bits per heavy atom. The number of phenolic OH excluding ortho intramolecular Hbond substituents is 1. The molecule has 6 heteroatoms. The lowest BCUT2D eigenvalue weighted by molar-refractivity contribution is -0.0980. The standard InChI is InChI=1S/C19H29N3O.C11H9Br.CH2O/c1-6-8-11-21-17(7-2)16-9-10-18(19(23)13-16)22-15(4)12-14(3)20-5;1-8-2-3-10-7-11(12)5-4-9(10)6-8;1-2/h9-10,12-13,22-23H,6-8,11H2,1-5H3;2-7H,1H3;1H2/b15-12+,20-14?,21-17?;;. The molecule has 0 spiro atoms. The Morgan fingerprint density at radius 3 is 2.32 bits per heavy atom. The highest BCUT2D eigenvalue weighted by Gasteiger charge is 2.07. The van der Waals surface area contributed by atoms with Crippen LogP contribution in [0.2, 0.25) is 0 Å². The first-order valence-electron chi connectivity index (χ1n) is 12.5. The molecule has 37 heavy (non-hydrogen) atoms. The fraction of sp³-hybridized carbons (Fsp3) is 0.323. The summed E-state index contributed by atoms with van der Waals surface area (Å²) >= 11 is 3.45. The first-order chi connectivity index (χ1) is 17.8. The molecule has 0 unspecified atom stereocenters. The van der Waals surface area contributed by atoms with Crippen LogP contribution in [0.4, 0.5) is 5.69 Å². The van der Waals surface area contributed by atoms with Crippen molar-refractivity contribution in [1.82, 2.24) is 0 Å². The molecule has 0 aromatic heterocycles. The quantitative estimate of drug-likeness (QED) is 0.163. The second kappa shape index (κ2) is 17.2. The number of phenols is 1. The molecule has 0 amide bonds. The highest BCUT2D eigenvalue weighted by Crippen LogP contribution is 2.26. The lowest BCUT2D eigenvalue weighted by atomic mass is 10.1. The Hall–Kier alpha value is -3.25. The van der Waals surface area contributed by atoms with Crippen molar-refractivity contribution in [2.75, 3.05) is 18.9 Å². The minimum atomic E-state index is 0.234. The summed E-state index contributed by atoms with van der Waals surface area (Å²) < 4.78 is 1.14. The van der Waals surface area contributed by atoms with Crippen LogP contribution in [0.3, 0.4) is 0 Å². The lowest BCUT2D eigenvalue weighted by Gasteiger charge is -2.11. The molecule has 5 nitrogen and oxygen atoms in total. The van der Waals surface area contributed by atoms with Gasteiger partial charge in [-0.25, -0.2) is 0 Å². The first kappa shape index (κ1) is 31.8. The van der Waals surface area contributed by atoms with E-state index in [1.54, 1.807) is 13.1 Å². The average Bonchev–Trinajstić information content (AvgIpc) is 2.89. The van der Waals surface area contributed by atoms with Gasteiger partial charge in [0.25, 0.3) is 0 Å². The van der Waals surface area contributed by atoms with Crippen LogP contribution in [-0.4, -0.2) is 36.9 Å². The third-order valence-electron chi connectivity index (χ3n) is 5.55. The average molecular weight is 567 g/mol. The summed E-state index contributed by atoms with van der Waals surface area (Å²) in [7, 11) is 1.76. The van der Waals surface area contributed by atoms with E-state index in [-0.39, 0.29) is 5.75 Å². The zero-order chi connectivity index (χ0) is 27.8. The number of benzene rings is 3. The van der Waals surface area contributed by atoms with E-state index in [0.717, 1.165) is 53.0 Å². The van der Waals surface area contributed by atoms with Crippen LogP contribution in [0.25, 0.3) is 10.8 Å². The number of hydrogen-bond acceptors (Lipinski definition) is 5. The third-order valence-corrected chi connectivity index (χ3v) is 6.04. The van der Waals surface area contributed by atoms with Crippen molar-refractivity contribution in [3.05, 3.63) is 82.0 Å². The molecule has 3 rings (SSSR count). The van der Waals surface area contributed by atoms with Crippen molar-refractivity contribution < 1.29 is 9.90 Å². The van der Waals surface area contributed by atoms with Crippen LogP contribution >= 0.6 is 15.9 Å². The number of hydrogen-bond donors (Lipinski definition) is 2. The molecular formula is C31H40BrN3O2. The molecule has 3 aromatic carbocycles. The van der Waals surface area contributed by atoms with Crippen molar-refractivity contribution in [3.63, 3.8) is 0 Å². The zero-order valence-electron chi connectivity index (χ0n) is 22.9. The third kappa shape index (κ3) is 11.1. The Labute approximate surface area is 230 Å². The normalized spacial score (nSPS) is 11.8. The fourth-order valence-electron chi connectivity index (χ4n) is 3.56. The highest BCUT2D eigenvalue weighted by atomic mass is 79.9. The minimum Gasteiger partial charge on any atom is -0.506 e. The minimum absolute atomic E-state index is 0.234. The number of carbonyl (C=O) groups excluding carboxylic acids is 1. The number of anilines is 1. The lowest BCUT2D eigenvalue weighted by Crippen LogP contribution is -2.03. The summed E-state index contributed by atoms with van der Waals surface area (Å²) in [6.07, 6.45) is 5.04. The number of fused-ring (bicyclic) bond motifs is 1. The smallest absolute Gasteiger partial charge is 0.139 e. The number of halogens is 1. The van der Waals surface area contributed by atoms with Gasteiger partial charge in [0.1, 0.15) is 12.5 Å². The number of allylic oxidation sites excluding steroid dienone is 2. The molecule has 3 aromatic rings. The monoisotopic (exact) mass is 565 g/mol. The van der Waals surface area contributed by atoms with Crippen LogP contribution in [0, 0.1) is 6.92 Å². The topological polar surface area (TPSA) is 74.0 Å². The largest absolute Gasteiger partial charge is 0.506 e. The van der Waals surface area contributed by atoms with Gasteiger partial charge in [0.05, 0.1) is 5.69 Å². The summed E-state index contributed by atoms with van der Waals surface area (Å²) in [6.45, 7) is 13.1. The molecule has 0 saturated carbocycles. The number of nitrogens with zero attached hydrogens (tertiary/aromatic N) is 2. The van der Waals surface area contributed by atoms with Crippen molar-refractivity contribution in [3.8, 4) is 5.75 Å². The molecule has 0 aliphatic carbocycles. The van der Waals surface area contributed by atoms with E-state index in [1.807, 2.05) is 38.8 Å². The predicted molar refractivity (Wildman–Crippen MR) is 165 cm³/mol. The van der Waals surface area contributed by atoms with Gasteiger partial charge in [0, 0.05) is 35.2 Å². The van der Waals surface area contributed by atoms with Crippen molar-refractivity contribution in [2.24, 2.45) is 9.98 Å². The molecule has 0 fully saturated rings. The summed E-state index contributed by atoms with van der Waals surface area (Å²) in [5, 5.41) is 16.1. The molecule has 0 aliphatic heterocycles. The number of aryl methyl sites for hydroxylation is 1. The van der Waals surface area contributed by atoms with Gasteiger partial charge in [0.15, 0.2) is 0 Å². The Balaban J connectivity index is 0.000000405. The van der Waals surface area contributed by atoms with Crippen LogP contribution in [0.5, 0.6) is 5.75 Å². The van der Waals surface area contributed by atoms with Crippen molar-refractivity contribution in [1.29, 1.82) is 0 Å². The van der Waals surface area contributed by atoms with Gasteiger partial charge in [-0.3, -0.25) is 9.98 Å². The molecule has 0 heterocycles. The maximum Gasteiger partial charge on any atom is 0.139 e. The summed E-state index contributed by atoms with van der Waals surface area (Å²) in [5.41, 5.74) is 5.90. The van der Waals surface area contributed by atoms with E-state index in [9.17, 15) is 5.11 Å². The molecule has 2 N–H and O–H groups in total. The van der Waals surface area contributed by atoms with Crippen LogP contribution in [0.1, 0.15) is 58.1 Å². The second-order valence-corrected chi connectivity index (χ2v) is 9.50. The molecule has 0 radical (unpaired) electrons. The van der Waals surface area contributed by atoms with Crippen molar-refractivity contribution >= 4 is 50.6 Å². The fourth-order valence-corrected chi connectivity index (χ4v) is 3.94. The Bertz CT molecular complexity index is 1190. The van der Waals surface area contributed by atoms with Crippen LogP contribution in [0.15, 0.2) is 80.8 Å². The van der Waals surface area contributed by atoms with Gasteiger partial charge in [-0.05, 0) is 80.3 Å². The number of unbranched alkanes of at least 4 members (excludes halogenated alkanes) is 1. The maximum atomic E-state index is 10.3. The van der Waals surface area contributed by atoms with Crippen LogP contribution in [-0.2, 0) is 4.79 Å². The highest BCUT2D eigenvalue weighted by molar-refractivity contribution is 9.10. The molecule has 0 saturated heterocycles. The van der Waals surface area contributed by atoms with E-state index in [2.05, 4.69) is 88.4 Å². The number of carbonyl (C=O) groups is 1. The molecule has 0 bridgehead atoms. The van der Waals surface area contributed by atoms with Gasteiger partial charge >= 0.3 is 0 Å². The van der Waals surface area contributed by atoms with Crippen molar-refractivity contribution in [2.45, 2.75) is 53.9 Å². The van der Waals surface area contributed by atoms with Gasteiger partial charge in [-0.15, -0.1) is 0 Å². The van der Waals surface area contributed by atoms with Gasteiger partial charge in [0.2, 0.25) is 0 Å².